The predicted molar refractivity (Wildman–Crippen MR) is 74.9 cm³/mol. The lowest BCUT2D eigenvalue weighted by Crippen LogP contribution is -2.30. The van der Waals surface area contributed by atoms with Gasteiger partial charge in [-0.3, -0.25) is 0 Å². The van der Waals surface area contributed by atoms with E-state index >= 15 is 0 Å². The number of aliphatic hydroxyl groups is 1. The van der Waals surface area contributed by atoms with Crippen LogP contribution in [0.25, 0.3) is 0 Å². The maximum absolute atomic E-state index is 8.94. The van der Waals surface area contributed by atoms with Crippen LogP contribution in [0.3, 0.4) is 0 Å². The van der Waals surface area contributed by atoms with E-state index in [9.17, 15) is 0 Å². The first-order chi connectivity index (χ1) is 8.74. The van der Waals surface area contributed by atoms with Gasteiger partial charge in [0.15, 0.2) is 5.16 Å². The van der Waals surface area contributed by atoms with Gasteiger partial charge in [0.25, 0.3) is 0 Å². The Labute approximate surface area is 112 Å². The number of nitrogens with zero attached hydrogens (tertiary/aromatic N) is 3. The molecule has 0 aliphatic carbocycles. The Kier molecular flexibility index (Phi) is 4.66. The van der Waals surface area contributed by atoms with Crippen LogP contribution in [-0.2, 0) is 0 Å². The maximum atomic E-state index is 8.94. The van der Waals surface area contributed by atoms with Crippen LogP contribution in [0.2, 0.25) is 0 Å². The molecule has 2 heterocycles. The van der Waals surface area contributed by atoms with Crippen LogP contribution in [0.1, 0.15) is 25.7 Å². The lowest BCUT2D eigenvalue weighted by Gasteiger charge is -2.25. The predicted octanol–water partition coefficient (Wildman–Crippen LogP) is 1.52. The van der Waals surface area contributed by atoms with Crippen molar-refractivity contribution < 1.29 is 5.11 Å². The Hall–Kier alpha value is -1.01. The third-order valence-electron chi connectivity index (χ3n) is 3.26. The largest absolute Gasteiger partial charge is 0.396 e. The highest BCUT2D eigenvalue weighted by molar-refractivity contribution is 7.98. The molecule has 1 aromatic rings. The van der Waals surface area contributed by atoms with Gasteiger partial charge in [0, 0.05) is 25.3 Å². The summed E-state index contributed by atoms with van der Waals surface area (Å²) in [5.74, 6) is 1.45. The second-order valence-corrected chi connectivity index (χ2v) is 5.27. The van der Waals surface area contributed by atoms with Crippen molar-refractivity contribution in [3.05, 3.63) is 6.07 Å². The van der Waals surface area contributed by atoms with Crippen LogP contribution in [0.4, 0.5) is 11.6 Å². The molecule has 2 rings (SSSR count). The van der Waals surface area contributed by atoms with Crippen molar-refractivity contribution in [3.63, 3.8) is 0 Å². The molecule has 5 nitrogen and oxygen atoms in total. The Morgan fingerprint density at radius 1 is 1.56 bits per heavy atom. The fourth-order valence-electron chi connectivity index (χ4n) is 2.43. The molecule has 1 atom stereocenters. The molecule has 0 aromatic carbocycles. The average molecular weight is 268 g/mol. The average Bonchev–Trinajstić information content (AvgIpc) is 2.83. The van der Waals surface area contributed by atoms with Gasteiger partial charge in [-0.1, -0.05) is 11.8 Å². The minimum absolute atomic E-state index is 0.256. The molecular formula is C12H20N4OS. The van der Waals surface area contributed by atoms with E-state index in [0.29, 0.717) is 11.9 Å². The van der Waals surface area contributed by atoms with E-state index in [4.69, 9.17) is 10.8 Å². The second-order valence-electron chi connectivity index (χ2n) is 4.49. The Balaban J connectivity index is 2.16. The first-order valence-electron chi connectivity index (χ1n) is 6.30. The second kappa shape index (κ2) is 6.24. The molecule has 0 spiro atoms. The Morgan fingerprint density at radius 3 is 3.11 bits per heavy atom. The number of hydrogen-bond acceptors (Lipinski definition) is 6. The SMILES string of the molecule is CSc1nc(N)cc(N2CCCC2CCCO)n1. The molecule has 1 fully saturated rings. The molecule has 100 valence electrons. The lowest BCUT2D eigenvalue weighted by atomic mass is 10.1. The number of aromatic nitrogens is 2. The highest BCUT2D eigenvalue weighted by atomic mass is 32.2. The van der Waals surface area contributed by atoms with Crippen molar-refractivity contribution in [1.82, 2.24) is 9.97 Å². The van der Waals surface area contributed by atoms with Crippen molar-refractivity contribution in [3.8, 4) is 0 Å². The van der Waals surface area contributed by atoms with Crippen LogP contribution in [0.15, 0.2) is 11.2 Å². The topological polar surface area (TPSA) is 75.3 Å². The number of hydrogen-bond donors (Lipinski definition) is 2. The number of rotatable bonds is 5. The summed E-state index contributed by atoms with van der Waals surface area (Å²) < 4.78 is 0. The molecule has 3 N–H and O–H groups in total. The van der Waals surface area contributed by atoms with Crippen LogP contribution in [0, 0.1) is 0 Å². The molecule has 0 amide bonds. The van der Waals surface area contributed by atoms with Gasteiger partial charge in [-0.15, -0.1) is 0 Å². The van der Waals surface area contributed by atoms with Gasteiger partial charge in [-0.2, -0.15) is 0 Å². The van der Waals surface area contributed by atoms with E-state index < -0.39 is 0 Å². The van der Waals surface area contributed by atoms with E-state index in [-0.39, 0.29) is 6.61 Å². The van der Waals surface area contributed by atoms with Crippen LogP contribution < -0.4 is 10.6 Å². The number of thioether (sulfide) groups is 1. The van der Waals surface area contributed by atoms with E-state index in [2.05, 4.69) is 14.9 Å². The van der Waals surface area contributed by atoms with Crippen LogP contribution >= 0.6 is 11.8 Å². The number of nitrogens with two attached hydrogens (primary N) is 1. The van der Waals surface area contributed by atoms with Gasteiger partial charge in [-0.25, -0.2) is 9.97 Å². The van der Waals surface area contributed by atoms with Gasteiger partial charge >= 0.3 is 0 Å². The summed E-state index contributed by atoms with van der Waals surface area (Å²) in [7, 11) is 0. The molecule has 0 saturated carbocycles. The molecule has 6 heteroatoms. The summed E-state index contributed by atoms with van der Waals surface area (Å²) in [5, 5.41) is 9.66. The normalized spacial score (nSPS) is 19.4. The minimum Gasteiger partial charge on any atom is -0.396 e. The zero-order valence-corrected chi connectivity index (χ0v) is 11.5. The third kappa shape index (κ3) is 3.05. The minimum atomic E-state index is 0.256. The van der Waals surface area contributed by atoms with Gasteiger partial charge in [0.1, 0.15) is 11.6 Å². The summed E-state index contributed by atoms with van der Waals surface area (Å²) >= 11 is 1.51. The molecule has 0 radical (unpaired) electrons. The monoisotopic (exact) mass is 268 g/mol. The van der Waals surface area contributed by atoms with Crippen LogP contribution in [-0.4, -0.2) is 40.5 Å². The van der Waals surface area contributed by atoms with Gasteiger partial charge in [-0.05, 0) is 31.9 Å². The highest BCUT2D eigenvalue weighted by Gasteiger charge is 2.25. The summed E-state index contributed by atoms with van der Waals surface area (Å²) in [5.41, 5.74) is 5.82. The maximum Gasteiger partial charge on any atom is 0.191 e. The first-order valence-corrected chi connectivity index (χ1v) is 7.53. The molecule has 1 aliphatic rings. The van der Waals surface area contributed by atoms with Gasteiger partial charge in [0.05, 0.1) is 0 Å². The summed E-state index contributed by atoms with van der Waals surface area (Å²) in [4.78, 5) is 11.0. The zero-order valence-electron chi connectivity index (χ0n) is 10.7. The van der Waals surface area contributed by atoms with E-state index in [1.165, 1.54) is 24.6 Å². The summed E-state index contributed by atoms with van der Waals surface area (Å²) in [6.45, 7) is 1.27. The van der Waals surface area contributed by atoms with Crippen molar-refractivity contribution in [1.29, 1.82) is 0 Å². The van der Waals surface area contributed by atoms with Gasteiger partial charge in [0.2, 0.25) is 0 Å². The molecule has 18 heavy (non-hydrogen) atoms. The van der Waals surface area contributed by atoms with Crippen molar-refractivity contribution in [2.75, 3.05) is 30.0 Å². The Bertz CT molecular complexity index is 402. The fraction of sp³-hybridized carbons (Fsp3) is 0.667. The molecule has 1 aliphatic heterocycles. The molecule has 0 bridgehead atoms. The first kappa shape index (κ1) is 13.4. The van der Waals surface area contributed by atoms with E-state index in [1.807, 2.05) is 12.3 Å². The standard InChI is InChI=1S/C12H20N4OS/c1-18-12-14-10(13)8-11(15-12)16-6-2-4-9(16)5-3-7-17/h8-9,17H,2-7H2,1H3,(H2,13,14,15). The molecule has 1 saturated heterocycles. The number of aliphatic hydroxyl groups excluding tert-OH is 1. The zero-order chi connectivity index (χ0) is 13.0. The molecule has 1 aromatic heterocycles. The smallest absolute Gasteiger partial charge is 0.191 e. The summed E-state index contributed by atoms with van der Waals surface area (Å²) in [6.07, 6.45) is 6.14. The molecule has 1 unspecified atom stereocenters. The summed E-state index contributed by atoms with van der Waals surface area (Å²) in [6, 6.07) is 2.32. The van der Waals surface area contributed by atoms with Gasteiger partial charge < -0.3 is 15.7 Å². The van der Waals surface area contributed by atoms with Crippen LogP contribution in [0.5, 0.6) is 0 Å². The number of nitrogen functional groups attached to an aromatic ring is 1. The Morgan fingerprint density at radius 2 is 2.39 bits per heavy atom. The molecular weight excluding hydrogens is 248 g/mol. The van der Waals surface area contributed by atoms with Crippen molar-refractivity contribution >= 4 is 23.4 Å². The fourth-order valence-corrected chi connectivity index (χ4v) is 2.81. The van der Waals surface area contributed by atoms with Crippen molar-refractivity contribution in [2.24, 2.45) is 0 Å². The number of anilines is 2. The quantitative estimate of drug-likeness (QED) is 0.623. The third-order valence-corrected chi connectivity index (χ3v) is 3.81. The highest BCUT2D eigenvalue weighted by Crippen LogP contribution is 2.28. The van der Waals surface area contributed by atoms with E-state index in [0.717, 1.165) is 30.4 Å². The van der Waals surface area contributed by atoms with Crippen molar-refractivity contribution in [2.45, 2.75) is 36.9 Å². The lowest BCUT2D eigenvalue weighted by molar-refractivity contribution is 0.279. The van der Waals surface area contributed by atoms with E-state index in [1.54, 1.807) is 0 Å².